The van der Waals surface area contributed by atoms with Crippen molar-refractivity contribution in [3.05, 3.63) is 24.2 Å². The zero-order chi connectivity index (χ0) is 11.8. The predicted octanol–water partition coefficient (Wildman–Crippen LogP) is 2.73. The lowest BCUT2D eigenvalue weighted by molar-refractivity contribution is 0.245. The summed E-state index contributed by atoms with van der Waals surface area (Å²) >= 11 is 0. The van der Waals surface area contributed by atoms with Gasteiger partial charge in [0, 0.05) is 18.2 Å². The van der Waals surface area contributed by atoms with E-state index < -0.39 is 0 Å². The zero-order valence-electron chi connectivity index (χ0n) is 10.3. The van der Waals surface area contributed by atoms with Crippen molar-refractivity contribution in [3.8, 4) is 0 Å². The Labute approximate surface area is 97.9 Å². The van der Waals surface area contributed by atoms with Crippen molar-refractivity contribution in [2.24, 2.45) is 5.92 Å². The van der Waals surface area contributed by atoms with Crippen molar-refractivity contribution in [2.45, 2.75) is 39.2 Å². The van der Waals surface area contributed by atoms with Gasteiger partial charge in [0.2, 0.25) is 0 Å². The number of aliphatic hydroxyl groups excluding tert-OH is 1. The Morgan fingerprint density at radius 1 is 1.44 bits per heavy atom. The van der Waals surface area contributed by atoms with Crippen LogP contribution in [0.2, 0.25) is 0 Å². The molecular formula is C13H23NO2. The van der Waals surface area contributed by atoms with Crippen LogP contribution in [-0.2, 0) is 0 Å². The molecule has 0 saturated carbocycles. The third kappa shape index (κ3) is 4.37. The second-order valence-corrected chi connectivity index (χ2v) is 4.35. The minimum atomic E-state index is 0.284. The van der Waals surface area contributed by atoms with Crippen molar-refractivity contribution in [1.82, 2.24) is 5.32 Å². The van der Waals surface area contributed by atoms with Gasteiger partial charge in [-0.15, -0.1) is 0 Å². The fourth-order valence-corrected chi connectivity index (χ4v) is 1.92. The van der Waals surface area contributed by atoms with E-state index in [1.165, 1.54) is 18.4 Å². The highest BCUT2D eigenvalue weighted by Crippen LogP contribution is 2.15. The number of aliphatic hydroxyl groups is 1. The molecule has 1 heterocycles. The molecular weight excluding hydrogens is 202 g/mol. The molecule has 0 amide bonds. The molecule has 0 aliphatic carbocycles. The normalized spacial score (nSPS) is 14.9. The van der Waals surface area contributed by atoms with Gasteiger partial charge in [-0.25, -0.2) is 0 Å². The van der Waals surface area contributed by atoms with Crippen molar-refractivity contribution < 1.29 is 9.52 Å². The van der Waals surface area contributed by atoms with Crippen molar-refractivity contribution in [2.75, 3.05) is 13.2 Å². The molecule has 92 valence electrons. The van der Waals surface area contributed by atoms with Gasteiger partial charge in [-0.3, -0.25) is 0 Å². The summed E-state index contributed by atoms with van der Waals surface area (Å²) < 4.78 is 5.06. The fraction of sp³-hybridized carbons (Fsp3) is 0.692. The molecule has 2 N–H and O–H groups in total. The maximum absolute atomic E-state index is 8.97. The first kappa shape index (κ1) is 13.3. The Morgan fingerprint density at radius 2 is 2.25 bits per heavy atom. The average Bonchev–Trinajstić information content (AvgIpc) is 2.79. The van der Waals surface area contributed by atoms with E-state index in [0.29, 0.717) is 12.0 Å². The van der Waals surface area contributed by atoms with Crippen LogP contribution in [0.25, 0.3) is 0 Å². The van der Waals surface area contributed by atoms with E-state index in [-0.39, 0.29) is 6.61 Å². The quantitative estimate of drug-likeness (QED) is 0.715. The van der Waals surface area contributed by atoms with Gasteiger partial charge in [0.05, 0.1) is 12.5 Å². The SMILES string of the molecule is CCCC(CCO)CNC(C)c1ccoc1. The van der Waals surface area contributed by atoms with Crippen molar-refractivity contribution >= 4 is 0 Å². The highest BCUT2D eigenvalue weighted by atomic mass is 16.3. The highest BCUT2D eigenvalue weighted by Gasteiger charge is 2.10. The third-order valence-corrected chi connectivity index (χ3v) is 2.99. The van der Waals surface area contributed by atoms with E-state index in [2.05, 4.69) is 19.2 Å². The molecule has 16 heavy (non-hydrogen) atoms. The predicted molar refractivity (Wildman–Crippen MR) is 65.2 cm³/mol. The Morgan fingerprint density at radius 3 is 2.81 bits per heavy atom. The van der Waals surface area contributed by atoms with E-state index in [4.69, 9.17) is 9.52 Å². The lowest BCUT2D eigenvalue weighted by Crippen LogP contribution is -2.26. The summed E-state index contributed by atoms with van der Waals surface area (Å²) in [6, 6.07) is 2.30. The number of furan rings is 1. The summed E-state index contributed by atoms with van der Waals surface area (Å²) in [5.41, 5.74) is 1.18. The number of hydrogen-bond acceptors (Lipinski definition) is 3. The Balaban J connectivity index is 2.30. The van der Waals surface area contributed by atoms with Gasteiger partial charge in [0.25, 0.3) is 0 Å². The summed E-state index contributed by atoms with van der Waals surface area (Å²) in [6.07, 6.45) is 6.71. The van der Waals surface area contributed by atoms with Crippen LogP contribution < -0.4 is 5.32 Å². The highest BCUT2D eigenvalue weighted by molar-refractivity contribution is 5.10. The molecule has 3 nitrogen and oxygen atoms in total. The molecule has 2 atom stereocenters. The molecule has 0 bridgehead atoms. The van der Waals surface area contributed by atoms with Crippen LogP contribution >= 0.6 is 0 Å². The fourth-order valence-electron chi connectivity index (χ4n) is 1.92. The lowest BCUT2D eigenvalue weighted by Gasteiger charge is -2.19. The first-order chi connectivity index (χ1) is 7.77. The molecule has 1 aromatic heterocycles. The second kappa shape index (κ2) is 7.47. The summed E-state index contributed by atoms with van der Waals surface area (Å²) in [6.45, 7) is 5.56. The Kier molecular flexibility index (Phi) is 6.19. The van der Waals surface area contributed by atoms with E-state index in [0.717, 1.165) is 13.0 Å². The Hall–Kier alpha value is -0.800. The van der Waals surface area contributed by atoms with Crippen molar-refractivity contribution in [1.29, 1.82) is 0 Å². The topological polar surface area (TPSA) is 45.4 Å². The van der Waals surface area contributed by atoms with E-state index in [9.17, 15) is 0 Å². The smallest absolute Gasteiger partial charge is 0.0950 e. The van der Waals surface area contributed by atoms with Gasteiger partial charge >= 0.3 is 0 Å². The lowest BCUT2D eigenvalue weighted by atomic mass is 9.99. The van der Waals surface area contributed by atoms with Gasteiger partial charge in [-0.1, -0.05) is 13.3 Å². The molecule has 0 aromatic carbocycles. The molecule has 2 unspecified atom stereocenters. The van der Waals surface area contributed by atoms with Crippen LogP contribution in [-0.4, -0.2) is 18.3 Å². The monoisotopic (exact) mass is 225 g/mol. The number of nitrogens with one attached hydrogen (secondary N) is 1. The Bertz CT molecular complexity index is 253. The van der Waals surface area contributed by atoms with Crippen LogP contribution in [0.3, 0.4) is 0 Å². The maximum atomic E-state index is 8.97. The third-order valence-electron chi connectivity index (χ3n) is 2.99. The standard InChI is InChI=1S/C13H23NO2/c1-3-4-12(5-7-15)9-14-11(2)13-6-8-16-10-13/h6,8,10-12,14-15H,3-5,7,9H2,1-2H3. The average molecular weight is 225 g/mol. The van der Waals surface area contributed by atoms with E-state index in [1.54, 1.807) is 12.5 Å². The summed E-state index contributed by atoms with van der Waals surface area (Å²) in [4.78, 5) is 0. The molecule has 0 fully saturated rings. The summed E-state index contributed by atoms with van der Waals surface area (Å²) in [7, 11) is 0. The van der Waals surface area contributed by atoms with Gasteiger partial charge < -0.3 is 14.8 Å². The summed E-state index contributed by atoms with van der Waals surface area (Å²) in [5.74, 6) is 0.573. The van der Waals surface area contributed by atoms with Gasteiger partial charge in [-0.2, -0.15) is 0 Å². The molecule has 1 rings (SSSR count). The van der Waals surface area contributed by atoms with Crippen LogP contribution in [0.5, 0.6) is 0 Å². The van der Waals surface area contributed by atoms with Crippen molar-refractivity contribution in [3.63, 3.8) is 0 Å². The number of rotatable bonds is 8. The van der Waals surface area contributed by atoms with E-state index >= 15 is 0 Å². The largest absolute Gasteiger partial charge is 0.472 e. The first-order valence-corrected chi connectivity index (χ1v) is 6.14. The van der Waals surface area contributed by atoms with Crippen LogP contribution in [0, 0.1) is 5.92 Å². The molecule has 0 aliphatic rings. The van der Waals surface area contributed by atoms with Gasteiger partial charge in [0.1, 0.15) is 0 Å². The maximum Gasteiger partial charge on any atom is 0.0950 e. The first-order valence-electron chi connectivity index (χ1n) is 6.14. The molecule has 1 aromatic rings. The second-order valence-electron chi connectivity index (χ2n) is 4.35. The minimum absolute atomic E-state index is 0.284. The molecule has 0 spiro atoms. The summed E-state index contributed by atoms with van der Waals surface area (Å²) in [5, 5.41) is 12.5. The van der Waals surface area contributed by atoms with Crippen LogP contribution in [0.4, 0.5) is 0 Å². The molecule has 0 radical (unpaired) electrons. The zero-order valence-corrected chi connectivity index (χ0v) is 10.3. The molecule has 0 aliphatic heterocycles. The van der Waals surface area contributed by atoms with Gasteiger partial charge in [-0.05, 0) is 38.3 Å². The van der Waals surface area contributed by atoms with Crippen LogP contribution in [0.15, 0.2) is 23.0 Å². The number of hydrogen-bond donors (Lipinski definition) is 2. The minimum Gasteiger partial charge on any atom is -0.472 e. The van der Waals surface area contributed by atoms with Crippen LogP contribution in [0.1, 0.15) is 44.7 Å². The van der Waals surface area contributed by atoms with Gasteiger partial charge in [0.15, 0.2) is 0 Å². The molecule has 3 heteroatoms. The molecule has 0 saturated heterocycles. The van der Waals surface area contributed by atoms with E-state index in [1.807, 2.05) is 6.07 Å².